The molecule has 0 radical (unpaired) electrons. The van der Waals surface area contributed by atoms with Crippen molar-refractivity contribution >= 4 is 17.7 Å². The van der Waals surface area contributed by atoms with Gasteiger partial charge in [-0.25, -0.2) is 14.0 Å². The van der Waals surface area contributed by atoms with Gasteiger partial charge < -0.3 is 20.1 Å². The molecule has 1 aromatic carbocycles. The van der Waals surface area contributed by atoms with Crippen LogP contribution in [0.1, 0.15) is 16.8 Å². The predicted molar refractivity (Wildman–Crippen MR) is 69.4 cm³/mol. The largest absolute Gasteiger partial charge is 0.478 e. The van der Waals surface area contributed by atoms with Crippen LogP contribution in [0.3, 0.4) is 0 Å². The van der Waals surface area contributed by atoms with E-state index in [9.17, 15) is 14.0 Å². The first-order chi connectivity index (χ1) is 9.51. The molecule has 0 bridgehead atoms. The Labute approximate surface area is 115 Å². The number of urea groups is 1. The first-order valence-electron chi connectivity index (χ1n) is 6.13. The van der Waals surface area contributed by atoms with Crippen molar-refractivity contribution in [3.8, 4) is 0 Å². The maximum atomic E-state index is 13.5. The molecular weight excluding hydrogens is 267 g/mol. The molecule has 1 atom stereocenters. The number of ether oxygens (including phenoxy) is 1. The molecule has 20 heavy (non-hydrogen) atoms. The summed E-state index contributed by atoms with van der Waals surface area (Å²) >= 11 is 0. The summed E-state index contributed by atoms with van der Waals surface area (Å²) in [5, 5.41) is 11.3. The van der Waals surface area contributed by atoms with Crippen molar-refractivity contribution in [1.82, 2.24) is 4.90 Å². The summed E-state index contributed by atoms with van der Waals surface area (Å²) in [4.78, 5) is 24.2. The predicted octanol–water partition coefficient (Wildman–Crippen LogP) is 1.78. The van der Waals surface area contributed by atoms with E-state index in [1.807, 2.05) is 0 Å². The Balaban J connectivity index is 2.02. The maximum Gasteiger partial charge on any atom is 0.338 e. The first kappa shape index (κ1) is 14.3. The normalized spacial score (nSPS) is 18.1. The van der Waals surface area contributed by atoms with Crippen molar-refractivity contribution < 1.29 is 23.8 Å². The van der Waals surface area contributed by atoms with E-state index in [1.165, 1.54) is 6.07 Å². The van der Waals surface area contributed by atoms with Gasteiger partial charge in [0, 0.05) is 25.9 Å². The monoisotopic (exact) mass is 282 g/mol. The lowest BCUT2D eigenvalue weighted by molar-refractivity contribution is 0.0692. The number of carboxylic acid groups (broad SMARTS) is 1. The van der Waals surface area contributed by atoms with Crippen LogP contribution < -0.4 is 5.32 Å². The van der Waals surface area contributed by atoms with Crippen LogP contribution in [0.4, 0.5) is 14.9 Å². The third kappa shape index (κ3) is 3.05. The summed E-state index contributed by atoms with van der Waals surface area (Å²) in [5.41, 5.74) is -0.206. The molecule has 2 amide bonds. The van der Waals surface area contributed by atoms with Gasteiger partial charge >= 0.3 is 12.0 Å². The lowest BCUT2D eigenvalue weighted by Gasteiger charge is -2.17. The van der Waals surface area contributed by atoms with E-state index in [-0.39, 0.29) is 17.8 Å². The van der Waals surface area contributed by atoms with Crippen LogP contribution >= 0.6 is 0 Å². The molecule has 0 aromatic heterocycles. The van der Waals surface area contributed by atoms with E-state index in [0.29, 0.717) is 13.1 Å². The quantitative estimate of drug-likeness (QED) is 0.885. The highest BCUT2D eigenvalue weighted by atomic mass is 19.1. The van der Waals surface area contributed by atoms with Crippen molar-refractivity contribution in [1.29, 1.82) is 0 Å². The van der Waals surface area contributed by atoms with Crippen molar-refractivity contribution in [3.63, 3.8) is 0 Å². The number of carbonyl (C=O) groups excluding carboxylic acids is 1. The molecular formula is C13H15FN2O4. The van der Waals surface area contributed by atoms with Crippen LogP contribution in [-0.2, 0) is 4.74 Å². The third-order valence-electron chi connectivity index (χ3n) is 3.22. The minimum atomic E-state index is -1.34. The zero-order valence-electron chi connectivity index (χ0n) is 10.9. The highest BCUT2D eigenvalue weighted by Crippen LogP contribution is 2.17. The number of hydrogen-bond donors (Lipinski definition) is 2. The molecule has 1 heterocycles. The fourth-order valence-corrected chi connectivity index (χ4v) is 2.07. The van der Waals surface area contributed by atoms with Gasteiger partial charge in [-0.05, 0) is 24.6 Å². The van der Waals surface area contributed by atoms with E-state index < -0.39 is 17.3 Å². The lowest BCUT2D eigenvalue weighted by Crippen LogP contribution is -2.33. The van der Waals surface area contributed by atoms with Crippen molar-refractivity contribution in [2.45, 2.75) is 12.5 Å². The third-order valence-corrected chi connectivity index (χ3v) is 3.22. The SMILES string of the molecule is COC1CCN(C(=O)Nc2ccc(C(=O)O)c(F)c2)C1. The topological polar surface area (TPSA) is 78.9 Å². The zero-order chi connectivity index (χ0) is 14.7. The number of nitrogens with zero attached hydrogens (tertiary/aromatic N) is 1. The fraction of sp³-hybridized carbons (Fsp3) is 0.385. The van der Waals surface area contributed by atoms with Crippen LogP contribution in [0.15, 0.2) is 18.2 Å². The molecule has 0 spiro atoms. The number of aromatic carboxylic acids is 1. The molecule has 0 aliphatic carbocycles. The van der Waals surface area contributed by atoms with Gasteiger partial charge in [0.25, 0.3) is 0 Å². The van der Waals surface area contributed by atoms with Crippen LogP contribution in [0.25, 0.3) is 0 Å². The van der Waals surface area contributed by atoms with Crippen molar-refractivity contribution in [2.24, 2.45) is 0 Å². The summed E-state index contributed by atoms with van der Waals surface area (Å²) in [6.07, 6.45) is 0.780. The molecule has 1 fully saturated rings. The fourth-order valence-electron chi connectivity index (χ4n) is 2.07. The Morgan fingerprint density at radius 1 is 1.50 bits per heavy atom. The van der Waals surface area contributed by atoms with E-state index >= 15 is 0 Å². The molecule has 1 aromatic rings. The molecule has 1 unspecified atom stereocenters. The Kier molecular flexibility index (Phi) is 4.19. The first-order valence-corrected chi connectivity index (χ1v) is 6.13. The molecule has 1 aliphatic heterocycles. The minimum Gasteiger partial charge on any atom is -0.478 e. The van der Waals surface area contributed by atoms with Gasteiger partial charge in [-0.1, -0.05) is 0 Å². The minimum absolute atomic E-state index is 0.0203. The number of likely N-dealkylation sites (tertiary alicyclic amines) is 1. The summed E-state index contributed by atoms with van der Waals surface area (Å²) in [6.45, 7) is 1.05. The molecule has 6 nitrogen and oxygen atoms in total. The highest BCUT2D eigenvalue weighted by molar-refractivity contribution is 5.92. The summed E-state index contributed by atoms with van der Waals surface area (Å²) in [6, 6.07) is 3.11. The number of carboxylic acids is 1. The van der Waals surface area contributed by atoms with Gasteiger partial charge in [0.2, 0.25) is 0 Å². The number of methoxy groups -OCH3 is 1. The van der Waals surface area contributed by atoms with Gasteiger partial charge in [0.15, 0.2) is 0 Å². The van der Waals surface area contributed by atoms with Gasteiger partial charge in [-0.15, -0.1) is 0 Å². The van der Waals surface area contributed by atoms with Crippen LogP contribution in [0.5, 0.6) is 0 Å². The molecule has 7 heteroatoms. The van der Waals surface area contributed by atoms with Gasteiger partial charge in [0.1, 0.15) is 5.82 Å². The maximum absolute atomic E-state index is 13.5. The standard InChI is InChI=1S/C13H15FN2O4/c1-20-9-4-5-16(7-9)13(19)15-8-2-3-10(12(17)18)11(14)6-8/h2-3,6,9H,4-5,7H2,1H3,(H,15,19)(H,17,18). The smallest absolute Gasteiger partial charge is 0.338 e. The number of nitrogens with one attached hydrogen (secondary N) is 1. The average Bonchev–Trinajstić information content (AvgIpc) is 2.87. The molecule has 108 valence electrons. The Morgan fingerprint density at radius 2 is 2.25 bits per heavy atom. The number of halogens is 1. The summed E-state index contributed by atoms with van der Waals surface area (Å²) in [5.74, 6) is -2.23. The summed E-state index contributed by atoms with van der Waals surface area (Å²) < 4.78 is 18.6. The van der Waals surface area contributed by atoms with Gasteiger partial charge in [-0.3, -0.25) is 0 Å². The Morgan fingerprint density at radius 3 is 2.80 bits per heavy atom. The second-order valence-electron chi connectivity index (χ2n) is 4.52. The number of anilines is 1. The zero-order valence-corrected chi connectivity index (χ0v) is 10.9. The van der Waals surface area contributed by atoms with Crippen LogP contribution in [0.2, 0.25) is 0 Å². The molecule has 1 saturated heterocycles. The number of hydrogen-bond acceptors (Lipinski definition) is 3. The van der Waals surface area contributed by atoms with Crippen molar-refractivity contribution in [2.75, 3.05) is 25.5 Å². The van der Waals surface area contributed by atoms with E-state index in [1.54, 1.807) is 12.0 Å². The number of amides is 2. The second-order valence-corrected chi connectivity index (χ2v) is 4.52. The second kappa shape index (κ2) is 5.87. The molecule has 0 saturated carbocycles. The number of carbonyl (C=O) groups is 2. The molecule has 2 N–H and O–H groups in total. The van der Waals surface area contributed by atoms with Gasteiger partial charge in [0.05, 0.1) is 11.7 Å². The molecule has 2 rings (SSSR count). The molecule has 1 aliphatic rings. The lowest BCUT2D eigenvalue weighted by atomic mass is 10.2. The van der Waals surface area contributed by atoms with E-state index in [4.69, 9.17) is 9.84 Å². The summed E-state index contributed by atoms with van der Waals surface area (Å²) in [7, 11) is 1.59. The highest BCUT2D eigenvalue weighted by Gasteiger charge is 2.26. The van der Waals surface area contributed by atoms with Crippen molar-refractivity contribution in [3.05, 3.63) is 29.6 Å². The van der Waals surface area contributed by atoms with E-state index in [0.717, 1.165) is 18.6 Å². The van der Waals surface area contributed by atoms with Crippen LogP contribution in [0, 0.1) is 5.82 Å². The van der Waals surface area contributed by atoms with Gasteiger partial charge in [-0.2, -0.15) is 0 Å². The Hall–Kier alpha value is -2.15. The number of rotatable bonds is 3. The average molecular weight is 282 g/mol. The number of benzene rings is 1. The Bertz CT molecular complexity index is 535. The van der Waals surface area contributed by atoms with Crippen LogP contribution in [-0.4, -0.2) is 48.3 Å². The van der Waals surface area contributed by atoms with E-state index in [2.05, 4.69) is 5.32 Å².